The lowest BCUT2D eigenvalue weighted by atomic mass is 9.85. The largest absolute Gasteiger partial charge is 0.452 e. The number of hydrogen-bond acceptors (Lipinski definition) is 5. The minimum absolute atomic E-state index is 0.129. The molecule has 0 aliphatic rings. The molecule has 2 rings (SSSR count). The van der Waals surface area contributed by atoms with Gasteiger partial charge in [0, 0.05) is 5.69 Å². The zero-order valence-electron chi connectivity index (χ0n) is 15.3. The summed E-state index contributed by atoms with van der Waals surface area (Å²) in [6.07, 6.45) is -1.07. The van der Waals surface area contributed by atoms with E-state index in [4.69, 9.17) is 9.88 Å². The highest BCUT2D eigenvalue weighted by Crippen LogP contribution is 2.25. The van der Waals surface area contributed by atoms with Gasteiger partial charge in [-0.3, -0.25) is 9.59 Å². The van der Waals surface area contributed by atoms with Crippen LogP contribution in [0.25, 0.3) is 0 Å². The Bertz CT molecular complexity index is 940. The molecule has 7 nitrogen and oxygen atoms in total. The lowest BCUT2D eigenvalue weighted by molar-refractivity contribution is -0.158. The molecule has 1 atom stereocenters. The number of ether oxygens (including phenoxy) is 1. The fraction of sp³-hybridized carbons (Fsp3) is 0.263. The first-order valence-electron chi connectivity index (χ1n) is 8.22. The van der Waals surface area contributed by atoms with E-state index in [1.807, 2.05) is 30.3 Å². The van der Waals surface area contributed by atoms with E-state index >= 15 is 0 Å². The van der Waals surface area contributed by atoms with E-state index in [0.29, 0.717) is 0 Å². The molecule has 0 spiro atoms. The van der Waals surface area contributed by atoms with Gasteiger partial charge in [0.2, 0.25) is 10.0 Å². The van der Waals surface area contributed by atoms with E-state index in [1.165, 1.54) is 31.2 Å². The van der Waals surface area contributed by atoms with E-state index < -0.39 is 33.4 Å². The number of amides is 1. The lowest BCUT2D eigenvalue weighted by Crippen LogP contribution is -2.37. The van der Waals surface area contributed by atoms with Crippen molar-refractivity contribution in [2.24, 2.45) is 5.14 Å². The fourth-order valence-electron chi connectivity index (χ4n) is 2.33. The summed E-state index contributed by atoms with van der Waals surface area (Å²) in [5.41, 5.74) is 0.0730. The Morgan fingerprint density at radius 1 is 1.07 bits per heavy atom. The summed E-state index contributed by atoms with van der Waals surface area (Å²) in [5, 5.41) is 7.59. The van der Waals surface area contributed by atoms with Crippen LogP contribution in [0, 0.1) is 0 Å². The maximum Gasteiger partial charge on any atom is 0.316 e. The Labute approximate surface area is 158 Å². The summed E-state index contributed by atoms with van der Waals surface area (Å²) in [6, 6.07) is 14.6. The molecule has 0 saturated heterocycles. The van der Waals surface area contributed by atoms with Gasteiger partial charge < -0.3 is 10.1 Å². The number of hydrogen-bond donors (Lipinski definition) is 2. The maximum atomic E-state index is 12.5. The number of carbonyl (C=O) groups is 2. The van der Waals surface area contributed by atoms with Crippen LogP contribution in [0.1, 0.15) is 26.3 Å². The van der Waals surface area contributed by atoms with Gasteiger partial charge in [-0.15, -0.1) is 0 Å². The lowest BCUT2D eigenvalue weighted by Gasteiger charge is -2.25. The van der Waals surface area contributed by atoms with Crippen LogP contribution in [0.3, 0.4) is 0 Å². The standard InChI is InChI=1S/C19H22N2O5S/c1-13(26-18(23)19(2,3)14-8-5-4-6-9-14)17(22)21-15-10-7-11-16(12-15)27(20,24)25/h4-13H,1-3H3,(H,21,22)(H2,20,24,25)/t13-/m1/s1. The third-order valence-electron chi connectivity index (χ3n) is 4.09. The second-order valence-electron chi connectivity index (χ2n) is 6.60. The van der Waals surface area contributed by atoms with E-state index in [9.17, 15) is 18.0 Å². The predicted molar refractivity (Wildman–Crippen MR) is 101 cm³/mol. The topological polar surface area (TPSA) is 116 Å². The number of nitrogens with one attached hydrogen (secondary N) is 1. The summed E-state index contributed by atoms with van der Waals surface area (Å²) in [6.45, 7) is 4.87. The molecule has 0 heterocycles. The highest BCUT2D eigenvalue weighted by atomic mass is 32.2. The minimum atomic E-state index is -3.89. The number of esters is 1. The Balaban J connectivity index is 2.07. The fourth-order valence-corrected chi connectivity index (χ4v) is 2.89. The van der Waals surface area contributed by atoms with Crippen LogP contribution in [-0.4, -0.2) is 26.4 Å². The molecule has 2 aromatic carbocycles. The maximum absolute atomic E-state index is 12.5. The molecule has 0 aromatic heterocycles. The molecular weight excluding hydrogens is 368 g/mol. The molecule has 144 valence electrons. The predicted octanol–water partition coefficient (Wildman–Crippen LogP) is 2.18. The van der Waals surface area contributed by atoms with Gasteiger partial charge in [-0.25, -0.2) is 13.6 Å². The van der Waals surface area contributed by atoms with Crippen molar-refractivity contribution in [1.82, 2.24) is 0 Å². The van der Waals surface area contributed by atoms with E-state index in [0.717, 1.165) is 5.56 Å². The second-order valence-corrected chi connectivity index (χ2v) is 8.16. The Hall–Kier alpha value is -2.71. The second kappa shape index (κ2) is 7.89. The highest BCUT2D eigenvalue weighted by Gasteiger charge is 2.33. The number of rotatable bonds is 6. The van der Waals surface area contributed by atoms with E-state index in [2.05, 4.69) is 5.32 Å². The summed E-state index contributed by atoms with van der Waals surface area (Å²) in [7, 11) is -3.89. The van der Waals surface area contributed by atoms with Gasteiger partial charge in [-0.1, -0.05) is 36.4 Å². The SMILES string of the molecule is C[C@@H](OC(=O)C(C)(C)c1ccccc1)C(=O)Nc1cccc(S(N)(=O)=O)c1. The van der Waals surface area contributed by atoms with Gasteiger partial charge in [0.15, 0.2) is 6.10 Å². The molecule has 2 aromatic rings. The number of nitrogens with two attached hydrogens (primary N) is 1. The molecule has 0 aliphatic carbocycles. The first-order chi connectivity index (χ1) is 12.5. The first-order valence-corrected chi connectivity index (χ1v) is 9.77. The Morgan fingerprint density at radius 3 is 2.30 bits per heavy atom. The summed E-state index contributed by atoms with van der Waals surface area (Å²) >= 11 is 0. The van der Waals surface area contributed by atoms with Crippen LogP contribution in [0.4, 0.5) is 5.69 Å². The molecule has 0 unspecified atom stereocenters. The summed E-state index contributed by atoms with van der Waals surface area (Å²) in [5.74, 6) is -1.13. The molecule has 0 saturated carbocycles. The molecule has 0 bridgehead atoms. The van der Waals surface area contributed by atoms with Crippen LogP contribution in [0.15, 0.2) is 59.5 Å². The van der Waals surface area contributed by atoms with Crippen LogP contribution in [0.5, 0.6) is 0 Å². The van der Waals surface area contributed by atoms with Gasteiger partial charge >= 0.3 is 5.97 Å². The average Bonchev–Trinajstić information content (AvgIpc) is 2.61. The van der Waals surface area contributed by atoms with Crippen molar-refractivity contribution < 1.29 is 22.7 Å². The van der Waals surface area contributed by atoms with Crippen molar-refractivity contribution in [1.29, 1.82) is 0 Å². The van der Waals surface area contributed by atoms with Crippen LogP contribution >= 0.6 is 0 Å². The van der Waals surface area contributed by atoms with Crippen molar-refractivity contribution in [3.05, 3.63) is 60.2 Å². The number of carbonyl (C=O) groups excluding carboxylic acids is 2. The summed E-state index contributed by atoms with van der Waals surface area (Å²) in [4.78, 5) is 24.7. The molecule has 8 heteroatoms. The van der Waals surface area contributed by atoms with Gasteiger partial charge in [0.1, 0.15) is 0 Å². The summed E-state index contributed by atoms with van der Waals surface area (Å²) < 4.78 is 28.1. The van der Waals surface area contributed by atoms with Gasteiger partial charge in [0.05, 0.1) is 10.3 Å². The van der Waals surface area contributed by atoms with Gasteiger partial charge in [-0.2, -0.15) is 0 Å². The van der Waals surface area contributed by atoms with Crippen LogP contribution in [-0.2, 0) is 29.8 Å². The zero-order chi connectivity index (χ0) is 20.2. The normalized spacial score (nSPS) is 12.9. The van der Waals surface area contributed by atoms with Crippen LogP contribution in [0.2, 0.25) is 0 Å². The highest BCUT2D eigenvalue weighted by molar-refractivity contribution is 7.89. The van der Waals surface area contributed by atoms with Gasteiger partial charge in [0.25, 0.3) is 5.91 Å². The Morgan fingerprint density at radius 2 is 1.70 bits per heavy atom. The van der Waals surface area contributed by atoms with Crippen molar-refractivity contribution in [3.8, 4) is 0 Å². The quantitative estimate of drug-likeness (QED) is 0.734. The third-order valence-corrected chi connectivity index (χ3v) is 5.00. The molecular formula is C19H22N2O5S. The first kappa shape index (κ1) is 20.6. The van der Waals surface area contributed by atoms with E-state index in [1.54, 1.807) is 13.8 Å². The third kappa shape index (κ3) is 5.15. The number of primary sulfonamides is 1. The molecule has 3 N–H and O–H groups in total. The van der Waals surface area contributed by atoms with E-state index in [-0.39, 0.29) is 10.6 Å². The van der Waals surface area contributed by atoms with Crippen molar-refractivity contribution in [2.75, 3.05) is 5.32 Å². The molecule has 1 amide bonds. The average molecular weight is 390 g/mol. The minimum Gasteiger partial charge on any atom is -0.452 e. The molecule has 0 radical (unpaired) electrons. The zero-order valence-corrected chi connectivity index (χ0v) is 16.1. The smallest absolute Gasteiger partial charge is 0.316 e. The molecule has 0 fully saturated rings. The van der Waals surface area contributed by atoms with Crippen molar-refractivity contribution >= 4 is 27.6 Å². The molecule has 0 aliphatic heterocycles. The molecule has 27 heavy (non-hydrogen) atoms. The number of sulfonamides is 1. The van der Waals surface area contributed by atoms with Gasteiger partial charge in [-0.05, 0) is 44.5 Å². The monoisotopic (exact) mass is 390 g/mol. The number of benzene rings is 2. The van der Waals surface area contributed by atoms with Crippen LogP contribution < -0.4 is 10.5 Å². The van der Waals surface area contributed by atoms with Crippen molar-refractivity contribution in [2.45, 2.75) is 37.2 Å². The Kier molecular flexibility index (Phi) is 6.02. The number of anilines is 1. The van der Waals surface area contributed by atoms with Crippen molar-refractivity contribution in [3.63, 3.8) is 0 Å².